The average Bonchev–Trinajstić information content (AvgIpc) is 2.58. The first kappa shape index (κ1) is 16.3. The summed E-state index contributed by atoms with van der Waals surface area (Å²) < 4.78 is 12.9. The van der Waals surface area contributed by atoms with E-state index in [9.17, 15) is 9.18 Å². The maximum absolute atomic E-state index is 12.9. The highest BCUT2D eigenvalue weighted by molar-refractivity contribution is 5.89. The zero-order valence-corrected chi connectivity index (χ0v) is 14.0. The normalized spacial score (nSPS) is 17.7. The van der Waals surface area contributed by atoms with Crippen LogP contribution >= 0.6 is 0 Å². The first-order valence-corrected chi connectivity index (χ1v) is 8.18. The van der Waals surface area contributed by atoms with Crippen molar-refractivity contribution in [2.75, 3.05) is 29.9 Å². The van der Waals surface area contributed by atoms with E-state index in [4.69, 9.17) is 0 Å². The van der Waals surface area contributed by atoms with Gasteiger partial charge in [0, 0.05) is 37.1 Å². The molecule has 126 valence electrons. The fourth-order valence-corrected chi connectivity index (χ4v) is 3.00. The number of aryl methyl sites for hydroxylation is 1. The Balaban J connectivity index is 1.61. The number of piperazine rings is 1. The molecule has 0 saturated carbocycles. The van der Waals surface area contributed by atoms with Crippen molar-refractivity contribution in [2.45, 2.75) is 19.9 Å². The molecule has 3 rings (SSSR count). The van der Waals surface area contributed by atoms with Gasteiger partial charge in [0.2, 0.25) is 0 Å². The molecule has 2 aromatic rings. The number of rotatable bonds is 2. The lowest BCUT2D eigenvalue weighted by Gasteiger charge is -2.41. The van der Waals surface area contributed by atoms with Gasteiger partial charge in [0.1, 0.15) is 5.82 Å². The fraction of sp³-hybridized carbons (Fsp3) is 0.316. The molecule has 5 heteroatoms. The zero-order valence-electron chi connectivity index (χ0n) is 14.0. The van der Waals surface area contributed by atoms with E-state index in [1.807, 2.05) is 0 Å². The topological polar surface area (TPSA) is 35.6 Å². The van der Waals surface area contributed by atoms with E-state index in [0.29, 0.717) is 18.8 Å². The van der Waals surface area contributed by atoms with Crippen LogP contribution < -0.4 is 10.2 Å². The molecule has 1 aliphatic heterocycles. The predicted octanol–water partition coefficient (Wildman–Crippen LogP) is 3.88. The number of hydrogen-bond donors (Lipinski definition) is 1. The van der Waals surface area contributed by atoms with E-state index in [2.05, 4.69) is 48.3 Å². The van der Waals surface area contributed by atoms with Crippen LogP contribution in [-0.2, 0) is 0 Å². The van der Waals surface area contributed by atoms with Gasteiger partial charge in [-0.05, 0) is 50.2 Å². The third-order valence-corrected chi connectivity index (χ3v) is 4.38. The maximum Gasteiger partial charge on any atom is 0.321 e. The quantitative estimate of drug-likeness (QED) is 0.909. The molecule has 0 aromatic heterocycles. The Labute approximate surface area is 141 Å². The van der Waals surface area contributed by atoms with Crippen molar-refractivity contribution < 1.29 is 9.18 Å². The highest BCUT2D eigenvalue weighted by Crippen LogP contribution is 2.21. The first-order valence-electron chi connectivity index (χ1n) is 8.18. The zero-order chi connectivity index (χ0) is 17.1. The molecule has 24 heavy (non-hydrogen) atoms. The van der Waals surface area contributed by atoms with Crippen LogP contribution in [-0.4, -0.2) is 36.6 Å². The van der Waals surface area contributed by atoms with Crippen LogP contribution in [0.25, 0.3) is 0 Å². The number of anilines is 2. The summed E-state index contributed by atoms with van der Waals surface area (Å²) >= 11 is 0. The Morgan fingerprint density at radius 2 is 1.75 bits per heavy atom. The number of nitrogens with one attached hydrogen (secondary N) is 1. The number of carbonyl (C=O) groups is 1. The number of carbonyl (C=O) groups excluding carboxylic acids is 1. The van der Waals surface area contributed by atoms with Crippen LogP contribution in [0.3, 0.4) is 0 Å². The van der Waals surface area contributed by atoms with Crippen LogP contribution in [0.15, 0.2) is 48.5 Å². The van der Waals surface area contributed by atoms with Crippen LogP contribution in [0.2, 0.25) is 0 Å². The molecule has 1 heterocycles. The minimum absolute atomic E-state index is 0.142. The van der Waals surface area contributed by atoms with Gasteiger partial charge in [0.15, 0.2) is 0 Å². The smallest absolute Gasteiger partial charge is 0.321 e. The molecule has 0 bridgehead atoms. The Hall–Kier alpha value is -2.56. The second-order valence-electron chi connectivity index (χ2n) is 6.26. The Kier molecular flexibility index (Phi) is 4.69. The summed E-state index contributed by atoms with van der Waals surface area (Å²) in [5, 5.41) is 2.82. The Bertz CT molecular complexity index is 700. The van der Waals surface area contributed by atoms with Crippen molar-refractivity contribution in [1.82, 2.24) is 4.90 Å². The summed E-state index contributed by atoms with van der Waals surface area (Å²) in [6.07, 6.45) is 0. The van der Waals surface area contributed by atoms with Crippen molar-refractivity contribution in [3.63, 3.8) is 0 Å². The monoisotopic (exact) mass is 327 g/mol. The summed E-state index contributed by atoms with van der Waals surface area (Å²) in [5.41, 5.74) is 3.03. The van der Waals surface area contributed by atoms with Gasteiger partial charge in [0.25, 0.3) is 0 Å². The minimum atomic E-state index is -0.312. The molecule has 2 aromatic carbocycles. The SMILES string of the molecule is Cc1ccc(N2CCN(C(=O)Nc3ccc(F)cc3)C[C@H]2C)cc1. The number of benzene rings is 2. The first-order chi connectivity index (χ1) is 11.5. The number of hydrogen-bond acceptors (Lipinski definition) is 2. The summed E-state index contributed by atoms with van der Waals surface area (Å²) in [6, 6.07) is 14.4. The van der Waals surface area contributed by atoms with Gasteiger partial charge in [-0.3, -0.25) is 0 Å². The molecule has 0 radical (unpaired) electrons. The number of urea groups is 1. The second-order valence-corrected chi connectivity index (χ2v) is 6.26. The Morgan fingerprint density at radius 1 is 1.08 bits per heavy atom. The molecule has 1 saturated heterocycles. The van der Waals surface area contributed by atoms with E-state index < -0.39 is 0 Å². The van der Waals surface area contributed by atoms with Gasteiger partial charge in [-0.2, -0.15) is 0 Å². The molecule has 0 unspecified atom stereocenters. The van der Waals surface area contributed by atoms with Crippen LogP contribution in [0.1, 0.15) is 12.5 Å². The molecular formula is C19H22FN3O. The number of halogens is 1. The van der Waals surface area contributed by atoms with E-state index in [1.165, 1.54) is 23.4 Å². The molecule has 0 spiro atoms. The molecule has 4 nitrogen and oxygen atoms in total. The van der Waals surface area contributed by atoms with Gasteiger partial charge in [0.05, 0.1) is 0 Å². The lowest BCUT2D eigenvalue weighted by molar-refractivity contribution is 0.200. The van der Waals surface area contributed by atoms with E-state index in [1.54, 1.807) is 17.0 Å². The number of amides is 2. The summed E-state index contributed by atoms with van der Waals surface area (Å²) in [4.78, 5) is 16.5. The van der Waals surface area contributed by atoms with Crippen LogP contribution in [0.5, 0.6) is 0 Å². The van der Waals surface area contributed by atoms with Crippen molar-refractivity contribution in [1.29, 1.82) is 0 Å². The van der Waals surface area contributed by atoms with E-state index in [0.717, 1.165) is 6.54 Å². The summed E-state index contributed by atoms with van der Waals surface area (Å²) in [5.74, 6) is -0.312. The van der Waals surface area contributed by atoms with Crippen LogP contribution in [0, 0.1) is 12.7 Å². The molecular weight excluding hydrogens is 305 g/mol. The lowest BCUT2D eigenvalue weighted by atomic mass is 10.1. The summed E-state index contributed by atoms with van der Waals surface area (Å²) in [7, 11) is 0. The van der Waals surface area contributed by atoms with Crippen molar-refractivity contribution in [2.24, 2.45) is 0 Å². The van der Waals surface area contributed by atoms with Gasteiger partial charge < -0.3 is 15.1 Å². The largest absolute Gasteiger partial charge is 0.365 e. The fourth-order valence-electron chi connectivity index (χ4n) is 3.00. The van der Waals surface area contributed by atoms with Gasteiger partial charge in [-0.25, -0.2) is 9.18 Å². The highest BCUT2D eigenvalue weighted by atomic mass is 19.1. The summed E-state index contributed by atoms with van der Waals surface area (Å²) in [6.45, 7) is 6.30. The third kappa shape index (κ3) is 3.67. The van der Waals surface area contributed by atoms with Gasteiger partial charge >= 0.3 is 6.03 Å². The molecule has 0 aliphatic carbocycles. The molecule has 2 amide bonds. The van der Waals surface area contributed by atoms with Crippen LogP contribution in [0.4, 0.5) is 20.6 Å². The molecule has 1 aliphatic rings. The Morgan fingerprint density at radius 3 is 2.38 bits per heavy atom. The second kappa shape index (κ2) is 6.91. The maximum atomic E-state index is 12.9. The molecule has 1 N–H and O–H groups in total. The van der Waals surface area contributed by atoms with E-state index >= 15 is 0 Å². The van der Waals surface area contributed by atoms with Gasteiger partial charge in [-0.1, -0.05) is 17.7 Å². The van der Waals surface area contributed by atoms with Gasteiger partial charge in [-0.15, -0.1) is 0 Å². The predicted molar refractivity (Wildman–Crippen MR) is 95.0 cm³/mol. The van der Waals surface area contributed by atoms with Crippen molar-refractivity contribution in [3.05, 3.63) is 59.9 Å². The minimum Gasteiger partial charge on any atom is -0.365 e. The molecule has 1 atom stereocenters. The van der Waals surface area contributed by atoms with Crippen molar-refractivity contribution in [3.8, 4) is 0 Å². The molecule has 1 fully saturated rings. The number of nitrogens with zero attached hydrogens (tertiary/aromatic N) is 2. The standard InChI is InChI=1S/C19H22FN3O/c1-14-3-9-18(10-4-14)23-12-11-22(13-15(23)2)19(24)21-17-7-5-16(20)6-8-17/h3-10,15H,11-13H2,1-2H3,(H,21,24)/t15-/m1/s1. The van der Waals surface area contributed by atoms with Crippen molar-refractivity contribution >= 4 is 17.4 Å². The average molecular weight is 327 g/mol. The lowest BCUT2D eigenvalue weighted by Crippen LogP contribution is -2.54. The third-order valence-electron chi connectivity index (χ3n) is 4.38. The van der Waals surface area contributed by atoms with E-state index in [-0.39, 0.29) is 17.9 Å². The highest BCUT2D eigenvalue weighted by Gasteiger charge is 2.26.